The molecule has 0 saturated carbocycles. The maximum absolute atomic E-state index is 10.9. The van der Waals surface area contributed by atoms with Crippen LogP contribution in [0.5, 0.6) is 0 Å². The fourth-order valence-electron chi connectivity index (χ4n) is 1.12. The predicted octanol–water partition coefficient (Wildman–Crippen LogP) is 1.19. The molecule has 0 aliphatic heterocycles. The van der Waals surface area contributed by atoms with E-state index in [9.17, 15) is 4.79 Å². The summed E-state index contributed by atoms with van der Waals surface area (Å²) in [7, 11) is 0. The zero-order valence-electron chi connectivity index (χ0n) is 8.12. The van der Waals surface area contributed by atoms with Crippen molar-refractivity contribution in [1.82, 2.24) is 19.9 Å². The molecule has 2 rings (SSSR count). The van der Waals surface area contributed by atoms with Gasteiger partial charge in [-0.3, -0.25) is 0 Å². The fraction of sp³-hybridized carbons (Fsp3) is 0.111. The molecule has 2 N–H and O–H groups in total. The van der Waals surface area contributed by atoms with Gasteiger partial charge in [-0.2, -0.15) is 0 Å². The Labute approximate surface area is 95.2 Å². The van der Waals surface area contributed by atoms with E-state index in [1.165, 1.54) is 24.3 Å². The molecule has 0 fully saturated rings. The van der Waals surface area contributed by atoms with Gasteiger partial charge in [0.15, 0.2) is 5.16 Å². The molecule has 0 aromatic carbocycles. The minimum absolute atomic E-state index is 0.126. The molecule has 2 aromatic heterocycles. The lowest BCUT2D eigenvalue weighted by molar-refractivity contribution is 0.0695. The lowest BCUT2D eigenvalue weighted by Crippen LogP contribution is -2.04. The zero-order valence-corrected chi connectivity index (χ0v) is 8.94. The molecular weight excluding hydrogens is 228 g/mol. The van der Waals surface area contributed by atoms with Gasteiger partial charge in [0.05, 0.1) is 5.69 Å². The number of imidazole rings is 1. The van der Waals surface area contributed by atoms with Crippen molar-refractivity contribution in [2.45, 2.75) is 10.9 Å². The maximum Gasteiger partial charge on any atom is 0.339 e. The van der Waals surface area contributed by atoms with Crippen molar-refractivity contribution in [2.24, 2.45) is 0 Å². The third-order valence-electron chi connectivity index (χ3n) is 1.84. The largest absolute Gasteiger partial charge is 0.478 e. The van der Waals surface area contributed by atoms with E-state index in [4.69, 9.17) is 5.11 Å². The molecule has 0 spiro atoms. The molecule has 2 heterocycles. The summed E-state index contributed by atoms with van der Waals surface area (Å²) < 4.78 is 0. The first-order valence-corrected chi connectivity index (χ1v) is 5.40. The van der Waals surface area contributed by atoms with Gasteiger partial charge < -0.3 is 10.1 Å². The summed E-state index contributed by atoms with van der Waals surface area (Å²) in [5.74, 6) is -0.576. The average Bonchev–Trinajstić information content (AvgIpc) is 2.79. The number of thioether (sulfide) groups is 1. The number of rotatable bonds is 4. The minimum Gasteiger partial charge on any atom is -0.478 e. The van der Waals surface area contributed by atoms with Crippen LogP contribution in [-0.4, -0.2) is 31.0 Å². The Morgan fingerprint density at radius 2 is 2.38 bits per heavy atom. The van der Waals surface area contributed by atoms with Gasteiger partial charge in [-0.25, -0.2) is 19.7 Å². The van der Waals surface area contributed by atoms with Crippen LogP contribution in [-0.2, 0) is 5.75 Å². The number of hydrogen-bond donors (Lipinski definition) is 2. The second-order valence-corrected chi connectivity index (χ2v) is 3.84. The highest BCUT2D eigenvalue weighted by atomic mass is 32.2. The van der Waals surface area contributed by atoms with Crippen molar-refractivity contribution in [2.75, 3.05) is 0 Å². The molecule has 0 atom stereocenters. The molecular formula is C9H8N4O2S. The van der Waals surface area contributed by atoms with Crippen LogP contribution >= 0.6 is 11.8 Å². The van der Waals surface area contributed by atoms with Crippen molar-refractivity contribution >= 4 is 17.7 Å². The van der Waals surface area contributed by atoms with E-state index >= 15 is 0 Å². The summed E-state index contributed by atoms with van der Waals surface area (Å²) in [6, 6.07) is 0. The van der Waals surface area contributed by atoms with E-state index in [1.54, 1.807) is 12.4 Å². The Bertz CT molecular complexity index is 486. The quantitative estimate of drug-likeness (QED) is 0.775. The first-order valence-electron chi connectivity index (χ1n) is 4.41. The molecule has 2 aromatic rings. The van der Waals surface area contributed by atoms with Crippen molar-refractivity contribution in [1.29, 1.82) is 0 Å². The number of nitrogens with one attached hydrogen (secondary N) is 1. The van der Waals surface area contributed by atoms with Crippen molar-refractivity contribution in [3.05, 3.63) is 36.2 Å². The van der Waals surface area contributed by atoms with E-state index in [0.29, 0.717) is 11.4 Å². The van der Waals surface area contributed by atoms with Gasteiger partial charge in [0.25, 0.3) is 0 Å². The van der Waals surface area contributed by atoms with Crippen molar-refractivity contribution in [3.63, 3.8) is 0 Å². The van der Waals surface area contributed by atoms with E-state index in [1.807, 2.05) is 0 Å². The fourth-order valence-corrected chi connectivity index (χ4v) is 1.91. The maximum atomic E-state index is 10.9. The van der Waals surface area contributed by atoms with Crippen LogP contribution in [0.3, 0.4) is 0 Å². The Kier molecular flexibility index (Phi) is 3.16. The van der Waals surface area contributed by atoms with Crippen LogP contribution in [0.1, 0.15) is 16.1 Å². The highest BCUT2D eigenvalue weighted by Crippen LogP contribution is 2.19. The summed E-state index contributed by atoms with van der Waals surface area (Å²) in [4.78, 5) is 25.4. The Morgan fingerprint density at radius 1 is 1.50 bits per heavy atom. The number of hydrogen-bond acceptors (Lipinski definition) is 5. The Balaban J connectivity index is 2.12. The van der Waals surface area contributed by atoms with Gasteiger partial charge >= 0.3 is 5.97 Å². The highest BCUT2D eigenvalue weighted by Gasteiger charge is 2.11. The first-order chi connectivity index (χ1) is 7.77. The molecule has 0 bridgehead atoms. The molecule has 0 unspecified atom stereocenters. The standard InChI is InChI=1S/C9H8N4O2S/c14-8(15)6-3-10-5-13-7(6)4-16-9-11-1-2-12-9/h1-3,5H,4H2,(H,11,12)(H,14,15). The van der Waals surface area contributed by atoms with Gasteiger partial charge in [-0.15, -0.1) is 0 Å². The number of aromatic amines is 1. The number of nitrogens with zero attached hydrogens (tertiary/aromatic N) is 3. The van der Waals surface area contributed by atoms with Gasteiger partial charge in [0, 0.05) is 24.3 Å². The average molecular weight is 236 g/mol. The molecule has 7 heteroatoms. The van der Waals surface area contributed by atoms with Crippen LogP contribution in [0.4, 0.5) is 0 Å². The number of carboxylic acid groups (broad SMARTS) is 1. The molecule has 0 radical (unpaired) electrons. The topological polar surface area (TPSA) is 91.8 Å². The summed E-state index contributed by atoms with van der Waals surface area (Å²) >= 11 is 1.39. The monoisotopic (exact) mass is 236 g/mol. The molecule has 82 valence electrons. The Hall–Kier alpha value is -1.89. The smallest absolute Gasteiger partial charge is 0.339 e. The van der Waals surface area contributed by atoms with Gasteiger partial charge in [-0.05, 0) is 0 Å². The summed E-state index contributed by atoms with van der Waals surface area (Å²) in [5, 5.41) is 9.64. The van der Waals surface area contributed by atoms with Gasteiger partial charge in [0.2, 0.25) is 0 Å². The second-order valence-electron chi connectivity index (χ2n) is 2.87. The molecule has 0 aliphatic carbocycles. The number of carbonyl (C=O) groups is 1. The number of carboxylic acids is 1. The van der Waals surface area contributed by atoms with Crippen LogP contribution in [0.2, 0.25) is 0 Å². The first kappa shape index (κ1) is 10.6. The van der Waals surface area contributed by atoms with Crippen molar-refractivity contribution in [3.8, 4) is 0 Å². The summed E-state index contributed by atoms with van der Waals surface area (Å²) in [6.45, 7) is 0. The van der Waals surface area contributed by atoms with Gasteiger partial charge in [0.1, 0.15) is 11.9 Å². The van der Waals surface area contributed by atoms with Crippen molar-refractivity contribution < 1.29 is 9.90 Å². The molecule has 6 nitrogen and oxygen atoms in total. The highest BCUT2D eigenvalue weighted by molar-refractivity contribution is 7.98. The SMILES string of the molecule is O=C(O)c1cncnc1CSc1ncc[nH]1. The predicted molar refractivity (Wildman–Crippen MR) is 57.1 cm³/mol. The second kappa shape index (κ2) is 4.75. The number of aromatic nitrogens is 4. The van der Waals surface area contributed by atoms with Crippen LogP contribution in [0.25, 0.3) is 0 Å². The molecule has 0 aliphatic rings. The molecule has 16 heavy (non-hydrogen) atoms. The zero-order chi connectivity index (χ0) is 11.4. The minimum atomic E-state index is -1.02. The Morgan fingerprint density at radius 3 is 3.06 bits per heavy atom. The molecule has 0 saturated heterocycles. The van der Waals surface area contributed by atoms with E-state index < -0.39 is 5.97 Å². The number of H-pyrrole nitrogens is 1. The lowest BCUT2D eigenvalue weighted by Gasteiger charge is -2.01. The number of aromatic carboxylic acids is 1. The third-order valence-corrected chi connectivity index (χ3v) is 2.76. The normalized spacial score (nSPS) is 10.2. The lowest BCUT2D eigenvalue weighted by atomic mass is 10.2. The summed E-state index contributed by atoms with van der Waals surface area (Å²) in [6.07, 6.45) is 5.98. The van der Waals surface area contributed by atoms with Crippen LogP contribution in [0, 0.1) is 0 Å². The van der Waals surface area contributed by atoms with Crippen LogP contribution < -0.4 is 0 Å². The van der Waals surface area contributed by atoms with Gasteiger partial charge in [-0.1, -0.05) is 11.8 Å². The van der Waals surface area contributed by atoms with Crippen LogP contribution in [0.15, 0.2) is 30.1 Å². The van der Waals surface area contributed by atoms with E-state index in [-0.39, 0.29) is 5.56 Å². The molecule has 0 amide bonds. The van der Waals surface area contributed by atoms with E-state index in [2.05, 4.69) is 19.9 Å². The summed E-state index contributed by atoms with van der Waals surface area (Å²) in [5.41, 5.74) is 0.616. The third kappa shape index (κ3) is 2.37. The van der Waals surface area contributed by atoms with E-state index in [0.717, 1.165) is 5.16 Å².